The fourth-order valence-corrected chi connectivity index (χ4v) is 2.19. The van der Waals surface area contributed by atoms with Crippen LogP contribution < -0.4 is 5.32 Å². The summed E-state index contributed by atoms with van der Waals surface area (Å²) in [5.41, 5.74) is -0.0740. The topological polar surface area (TPSA) is 41.6 Å². The molecule has 2 saturated heterocycles. The van der Waals surface area contributed by atoms with E-state index in [0.717, 1.165) is 32.6 Å². The van der Waals surface area contributed by atoms with E-state index < -0.39 is 0 Å². The third kappa shape index (κ3) is 1.85. The lowest BCUT2D eigenvalue weighted by Gasteiger charge is -2.30. The van der Waals surface area contributed by atoms with Crippen molar-refractivity contribution < 1.29 is 9.53 Å². The molecule has 0 spiro atoms. The number of amides is 2. The van der Waals surface area contributed by atoms with Crippen molar-refractivity contribution in [2.24, 2.45) is 0 Å². The SMILES string of the molecule is CC1(C)CN(C2CCOCC2)C(=O)N1. The number of ether oxygens (including phenoxy) is 1. The molecule has 2 amide bonds. The van der Waals surface area contributed by atoms with Crippen molar-refractivity contribution in [3.63, 3.8) is 0 Å². The quantitative estimate of drug-likeness (QED) is 0.682. The van der Waals surface area contributed by atoms with E-state index in [1.807, 2.05) is 4.90 Å². The Morgan fingerprint density at radius 3 is 2.57 bits per heavy atom. The molecule has 0 aromatic carbocycles. The number of nitrogens with one attached hydrogen (secondary N) is 1. The van der Waals surface area contributed by atoms with Crippen LogP contribution in [-0.2, 0) is 4.74 Å². The fourth-order valence-electron chi connectivity index (χ4n) is 2.19. The van der Waals surface area contributed by atoms with Gasteiger partial charge in [0.15, 0.2) is 0 Å². The van der Waals surface area contributed by atoms with E-state index in [0.29, 0.717) is 6.04 Å². The highest BCUT2D eigenvalue weighted by Gasteiger charge is 2.38. The molecule has 80 valence electrons. The van der Waals surface area contributed by atoms with E-state index in [1.165, 1.54) is 0 Å². The largest absolute Gasteiger partial charge is 0.381 e. The number of hydrogen-bond donors (Lipinski definition) is 1. The Morgan fingerprint density at radius 1 is 1.43 bits per heavy atom. The standard InChI is InChI=1S/C10H18N2O2/c1-10(2)7-12(9(13)11-10)8-3-5-14-6-4-8/h8H,3-7H2,1-2H3,(H,11,13). The molecule has 4 nitrogen and oxygen atoms in total. The molecule has 0 aromatic rings. The van der Waals surface area contributed by atoms with Crippen molar-refractivity contribution in [3.05, 3.63) is 0 Å². The number of rotatable bonds is 1. The first-order valence-electron chi connectivity index (χ1n) is 5.25. The van der Waals surface area contributed by atoms with Gasteiger partial charge in [0.05, 0.1) is 5.54 Å². The Hall–Kier alpha value is -0.770. The van der Waals surface area contributed by atoms with Crippen LogP contribution in [0.1, 0.15) is 26.7 Å². The van der Waals surface area contributed by atoms with Crippen molar-refractivity contribution in [3.8, 4) is 0 Å². The Bertz CT molecular complexity index is 234. The lowest BCUT2D eigenvalue weighted by atomic mass is 10.0. The van der Waals surface area contributed by atoms with Crippen LogP contribution in [-0.4, -0.2) is 42.3 Å². The van der Waals surface area contributed by atoms with Gasteiger partial charge in [-0.15, -0.1) is 0 Å². The van der Waals surface area contributed by atoms with Gasteiger partial charge in [-0.2, -0.15) is 0 Å². The molecule has 0 atom stereocenters. The van der Waals surface area contributed by atoms with Crippen LogP contribution in [0.25, 0.3) is 0 Å². The van der Waals surface area contributed by atoms with Crippen LogP contribution in [0.15, 0.2) is 0 Å². The highest BCUT2D eigenvalue weighted by atomic mass is 16.5. The molecular formula is C10H18N2O2. The number of carbonyl (C=O) groups is 1. The van der Waals surface area contributed by atoms with Crippen molar-refractivity contribution in [1.82, 2.24) is 10.2 Å². The predicted molar refractivity (Wildman–Crippen MR) is 53.2 cm³/mol. The molecule has 0 saturated carbocycles. The Labute approximate surface area is 84.6 Å². The molecule has 2 rings (SSSR count). The van der Waals surface area contributed by atoms with Crippen LogP contribution >= 0.6 is 0 Å². The number of carbonyl (C=O) groups excluding carboxylic acids is 1. The summed E-state index contributed by atoms with van der Waals surface area (Å²) in [4.78, 5) is 13.6. The molecule has 2 heterocycles. The Morgan fingerprint density at radius 2 is 2.07 bits per heavy atom. The van der Waals surface area contributed by atoms with Crippen molar-refractivity contribution in [2.45, 2.75) is 38.3 Å². The number of urea groups is 1. The summed E-state index contributed by atoms with van der Waals surface area (Å²) < 4.78 is 5.29. The minimum absolute atomic E-state index is 0.0740. The second-order valence-corrected chi connectivity index (χ2v) is 4.79. The molecule has 1 N–H and O–H groups in total. The van der Waals surface area contributed by atoms with Gasteiger partial charge in [-0.1, -0.05) is 0 Å². The molecule has 0 unspecified atom stereocenters. The zero-order chi connectivity index (χ0) is 10.2. The van der Waals surface area contributed by atoms with E-state index >= 15 is 0 Å². The molecule has 0 radical (unpaired) electrons. The van der Waals surface area contributed by atoms with Crippen molar-refractivity contribution in [2.75, 3.05) is 19.8 Å². The average Bonchev–Trinajstić information content (AvgIpc) is 2.41. The second kappa shape index (κ2) is 3.42. The lowest BCUT2D eigenvalue weighted by molar-refractivity contribution is 0.0500. The Balaban J connectivity index is 2.00. The van der Waals surface area contributed by atoms with Gasteiger partial charge in [-0.25, -0.2) is 4.79 Å². The van der Waals surface area contributed by atoms with Crippen molar-refractivity contribution >= 4 is 6.03 Å². The third-order valence-electron chi connectivity index (χ3n) is 2.90. The molecular weight excluding hydrogens is 180 g/mol. The van der Waals surface area contributed by atoms with Crippen LogP contribution in [0.4, 0.5) is 4.79 Å². The summed E-state index contributed by atoms with van der Waals surface area (Å²) in [6.45, 7) is 6.51. The molecule has 0 aliphatic carbocycles. The zero-order valence-electron chi connectivity index (χ0n) is 8.88. The van der Waals surface area contributed by atoms with E-state index in [-0.39, 0.29) is 11.6 Å². The van der Waals surface area contributed by atoms with E-state index in [9.17, 15) is 4.79 Å². The normalized spacial score (nSPS) is 27.9. The molecule has 4 heteroatoms. The minimum Gasteiger partial charge on any atom is -0.381 e. The smallest absolute Gasteiger partial charge is 0.318 e. The second-order valence-electron chi connectivity index (χ2n) is 4.79. The first-order valence-corrected chi connectivity index (χ1v) is 5.25. The molecule has 14 heavy (non-hydrogen) atoms. The maximum absolute atomic E-state index is 11.7. The van der Waals surface area contributed by atoms with Crippen LogP contribution in [0.2, 0.25) is 0 Å². The molecule has 2 aliphatic rings. The monoisotopic (exact) mass is 198 g/mol. The highest BCUT2D eigenvalue weighted by molar-refractivity contribution is 5.78. The first-order chi connectivity index (χ1) is 6.58. The summed E-state index contributed by atoms with van der Waals surface area (Å²) in [6.07, 6.45) is 1.95. The van der Waals surface area contributed by atoms with Gasteiger partial charge in [-0.05, 0) is 26.7 Å². The first kappa shape index (κ1) is 9.77. The molecule has 2 aliphatic heterocycles. The van der Waals surface area contributed by atoms with Gasteiger partial charge in [0.1, 0.15) is 0 Å². The minimum atomic E-state index is -0.0740. The number of hydrogen-bond acceptors (Lipinski definition) is 2. The maximum atomic E-state index is 11.7. The van der Waals surface area contributed by atoms with Gasteiger partial charge in [0.25, 0.3) is 0 Å². The summed E-state index contributed by atoms with van der Waals surface area (Å²) >= 11 is 0. The average molecular weight is 198 g/mol. The van der Waals surface area contributed by atoms with Gasteiger partial charge >= 0.3 is 6.03 Å². The summed E-state index contributed by atoms with van der Waals surface area (Å²) in [6, 6.07) is 0.465. The lowest BCUT2D eigenvalue weighted by Crippen LogP contribution is -2.41. The van der Waals surface area contributed by atoms with E-state index in [2.05, 4.69) is 19.2 Å². The number of nitrogens with zero attached hydrogens (tertiary/aromatic N) is 1. The fraction of sp³-hybridized carbons (Fsp3) is 0.900. The maximum Gasteiger partial charge on any atom is 0.318 e. The summed E-state index contributed by atoms with van der Waals surface area (Å²) in [5.74, 6) is 0. The van der Waals surface area contributed by atoms with Gasteiger partial charge in [-0.3, -0.25) is 0 Å². The molecule has 0 bridgehead atoms. The molecule has 0 aromatic heterocycles. The van der Waals surface area contributed by atoms with Crippen LogP contribution in [0.5, 0.6) is 0 Å². The predicted octanol–water partition coefficient (Wildman–Crippen LogP) is 0.969. The van der Waals surface area contributed by atoms with Gasteiger partial charge in [0.2, 0.25) is 0 Å². The van der Waals surface area contributed by atoms with E-state index in [4.69, 9.17) is 4.74 Å². The molecule has 2 fully saturated rings. The van der Waals surface area contributed by atoms with Gasteiger partial charge < -0.3 is 15.0 Å². The van der Waals surface area contributed by atoms with E-state index in [1.54, 1.807) is 0 Å². The summed E-state index contributed by atoms with van der Waals surface area (Å²) in [5, 5.41) is 2.99. The Kier molecular flexibility index (Phi) is 2.39. The third-order valence-corrected chi connectivity index (χ3v) is 2.90. The van der Waals surface area contributed by atoms with Gasteiger partial charge in [0, 0.05) is 25.8 Å². The van der Waals surface area contributed by atoms with Crippen LogP contribution in [0.3, 0.4) is 0 Å². The van der Waals surface area contributed by atoms with Crippen molar-refractivity contribution in [1.29, 1.82) is 0 Å². The van der Waals surface area contributed by atoms with Crippen LogP contribution in [0, 0.1) is 0 Å². The summed E-state index contributed by atoms with van der Waals surface area (Å²) in [7, 11) is 0. The highest BCUT2D eigenvalue weighted by Crippen LogP contribution is 2.22. The zero-order valence-corrected chi connectivity index (χ0v) is 8.88.